The maximum absolute atomic E-state index is 4.89. The Bertz CT molecular complexity index is 1640. The van der Waals surface area contributed by atoms with Crippen LogP contribution in [0.2, 0.25) is 0 Å². The number of halogens is 2. The van der Waals surface area contributed by atoms with Gasteiger partial charge in [0.05, 0.1) is 0 Å². The van der Waals surface area contributed by atoms with E-state index in [9.17, 15) is 0 Å². The van der Waals surface area contributed by atoms with Gasteiger partial charge in [-0.2, -0.15) is 0 Å². The van der Waals surface area contributed by atoms with Crippen molar-refractivity contribution in [2.45, 2.75) is 158 Å². The summed E-state index contributed by atoms with van der Waals surface area (Å²) in [5, 5.41) is 17.9. The van der Waals surface area contributed by atoms with Gasteiger partial charge in [0.15, 0.2) is 0 Å². The monoisotopic (exact) mass is 846 g/mol. The molecule has 0 unspecified atom stereocenters. The molecule has 0 aliphatic rings. The van der Waals surface area contributed by atoms with Gasteiger partial charge in [0.1, 0.15) is 0 Å². The zero-order chi connectivity index (χ0) is 43.0. The average molecular weight is 848 g/mol. The standard InChI is InChI=1S/2C24H34N3.2ClH.Ti/c2*1-15(2)19-11-9-12-20(16(3)4)23(19)25-27-26-24-21(17(5)6)13-10-14-22(24)18(7)8;;;/h2*9-18H,1-8H3;2*1H;/q2*-1;;;+2/p-2. The van der Waals surface area contributed by atoms with Crippen molar-refractivity contribution in [3.8, 4) is 0 Å². The molecule has 0 saturated carbocycles. The molecule has 0 radical (unpaired) electrons. The summed E-state index contributed by atoms with van der Waals surface area (Å²) in [6, 6.07) is 25.6. The Hall–Kier alpha value is -3.03. The minimum atomic E-state index is -0.556. The summed E-state index contributed by atoms with van der Waals surface area (Å²) in [4.78, 5) is 0. The van der Waals surface area contributed by atoms with Crippen LogP contribution < -0.4 is 0 Å². The van der Waals surface area contributed by atoms with Crippen LogP contribution in [0.1, 0.15) is 203 Å². The molecular weight excluding hydrogens is 779 g/mol. The van der Waals surface area contributed by atoms with Crippen LogP contribution in [0.15, 0.2) is 93.5 Å². The second-order valence-corrected chi connectivity index (χ2v) is 19.6. The normalized spacial score (nSPS) is 11.8. The summed E-state index contributed by atoms with van der Waals surface area (Å²) in [6.45, 7) is 35.1. The SMILES string of the molecule is CC(C)c1cccc(C(C)C)c1N=N[N-]c1c(C(C)C)cccc1C(C)C.CC(C)c1cccc(C(C)C)c1N=N[N-]c1c(C(C)C)cccc1C(C)C.[Cl][Ti][Cl]. The second-order valence-electron chi connectivity index (χ2n) is 17.0. The van der Waals surface area contributed by atoms with Gasteiger partial charge < -0.3 is 21.1 Å². The zero-order valence-electron chi connectivity index (χ0n) is 37.5. The van der Waals surface area contributed by atoms with Gasteiger partial charge in [0.25, 0.3) is 0 Å². The van der Waals surface area contributed by atoms with Gasteiger partial charge in [0.2, 0.25) is 0 Å². The minimum absolute atomic E-state index is 0.395. The third-order valence-corrected chi connectivity index (χ3v) is 9.95. The molecule has 0 bridgehead atoms. The molecule has 310 valence electrons. The molecule has 6 nitrogen and oxygen atoms in total. The Morgan fingerprint density at radius 1 is 0.351 bits per heavy atom. The molecule has 4 aromatic carbocycles. The van der Waals surface area contributed by atoms with Gasteiger partial charge in [-0.15, -0.1) is 0 Å². The quantitative estimate of drug-likeness (QED) is 0.0688. The van der Waals surface area contributed by atoms with Crippen molar-refractivity contribution in [1.29, 1.82) is 0 Å². The van der Waals surface area contributed by atoms with E-state index in [-0.39, 0.29) is 0 Å². The Kier molecular flexibility index (Phi) is 21.8. The summed E-state index contributed by atoms with van der Waals surface area (Å²) < 4.78 is 0. The molecule has 0 saturated heterocycles. The van der Waals surface area contributed by atoms with E-state index in [0.29, 0.717) is 47.3 Å². The van der Waals surface area contributed by atoms with Crippen molar-refractivity contribution in [2.75, 3.05) is 0 Å². The molecule has 9 heteroatoms. The molecule has 0 aliphatic carbocycles. The van der Waals surface area contributed by atoms with Gasteiger partial charge in [-0.1, -0.05) is 184 Å². The fraction of sp³-hybridized carbons (Fsp3) is 0.500. The van der Waals surface area contributed by atoms with Gasteiger partial charge in [0, 0.05) is 0 Å². The van der Waals surface area contributed by atoms with Crippen molar-refractivity contribution in [2.24, 2.45) is 20.7 Å². The van der Waals surface area contributed by atoms with Crippen molar-refractivity contribution < 1.29 is 17.0 Å². The summed E-state index contributed by atoms with van der Waals surface area (Å²) in [5.74, 6) is 3.16. The van der Waals surface area contributed by atoms with E-state index in [4.69, 9.17) is 18.6 Å². The molecule has 0 spiro atoms. The van der Waals surface area contributed by atoms with Gasteiger partial charge in [-0.25, -0.2) is 0 Å². The van der Waals surface area contributed by atoms with Crippen molar-refractivity contribution in [3.05, 3.63) is 128 Å². The number of hydrogen-bond acceptors (Lipinski definition) is 4. The second kappa shape index (κ2) is 24.8. The van der Waals surface area contributed by atoms with E-state index in [1.807, 2.05) is 0 Å². The molecule has 57 heavy (non-hydrogen) atoms. The van der Waals surface area contributed by atoms with Crippen molar-refractivity contribution in [3.63, 3.8) is 0 Å². The molecular formula is C48H68Cl2N6Ti-2. The predicted molar refractivity (Wildman–Crippen MR) is 245 cm³/mol. The molecule has 0 fully saturated rings. The Balaban J connectivity index is 0.000000368. The van der Waals surface area contributed by atoms with E-state index in [2.05, 4.69) is 215 Å². The van der Waals surface area contributed by atoms with E-state index in [1.165, 1.54) is 44.5 Å². The van der Waals surface area contributed by atoms with Gasteiger partial charge in [-0.05, 0) is 115 Å². The van der Waals surface area contributed by atoms with E-state index < -0.39 is 17.0 Å². The summed E-state index contributed by atoms with van der Waals surface area (Å²) >= 11 is -0.556. The van der Waals surface area contributed by atoms with E-state index >= 15 is 0 Å². The average Bonchev–Trinajstić information content (AvgIpc) is 3.14. The van der Waals surface area contributed by atoms with E-state index in [1.54, 1.807) is 0 Å². The number of hydrogen-bond donors (Lipinski definition) is 0. The number of benzene rings is 4. The molecule has 0 aromatic heterocycles. The molecule has 4 rings (SSSR count). The van der Waals surface area contributed by atoms with Crippen molar-refractivity contribution in [1.82, 2.24) is 0 Å². The predicted octanol–water partition coefficient (Wildman–Crippen LogP) is 19.1. The van der Waals surface area contributed by atoms with Crippen LogP contribution in [0.25, 0.3) is 10.9 Å². The number of nitrogens with zero attached hydrogens (tertiary/aromatic N) is 6. The Morgan fingerprint density at radius 3 is 0.702 bits per heavy atom. The molecule has 4 aromatic rings. The zero-order valence-corrected chi connectivity index (χ0v) is 40.6. The van der Waals surface area contributed by atoms with Crippen LogP contribution in [0.3, 0.4) is 0 Å². The van der Waals surface area contributed by atoms with Crippen molar-refractivity contribution >= 4 is 41.4 Å². The molecule has 0 amide bonds. The molecule has 0 N–H and O–H groups in total. The fourth-order valence-electron chi connectivity index (χ4n) is 6.73. The molecule has 0 aliphatic heterocycles. The first kappa shape index (κ1) is 50.1. The van der Waals surface area contributed by atoms with Crippen LogP contribution >= 0.6 is 18.6 Å². The van der Waals surface area contributed by atoms with Crippen LogP contribution in [0.5, 0.6) is 0 Å². The number of rotatable bonds is 14. The third-order valence-electron chi connectivity index (χ3n) is 9.95. The maximum atomic E-state index is 4.89. The van der Waals surface area contributed by atoms with Gasteiger partial charge >= 0.3 is 35.6 Å². The molecule has 0 heterocycles. The summed E-state index contributed by atoms with van der Waals surface area (Å²) in [7, 11) is 9.78. The summed E-state index contributed by atoms with van der Waals surface area (Å²) in [5.41, 5.74) is 22.9. The van der Waals surface area contributed by atoms with Crippen LogP contribution in [0.4, 0.5) is 22.7 Å². The Morgan fingerprint density at radius 2 is 0.526 bits per heavy atom. The van der Waals surface area contributed by atoms with E-state index in [0.717, 1.165) is 22.7 Å². The third kappa shape index (κ3) is 14.6. The fourth-order valence-corrected chi connectivity index (χ4v) is 6.73. The summed E-state index contributed by atoms with van der Waals surface area (Å²) in [6.07, 6.45) is 0. The Labute approximate surface area is 363 Å². The first-order chi connectivity index (χ1) is 26.9. The van der Waals surface area contributed by atoms with Crippen LogP contribution in [-0.2, 0) is 17.0 Å². The van der Waals surface area contributed by atoms with Crippen LogP contribution in [-0.4, -0.2) is 0 Å². The topological polar surface area (TPSA) is 77.6 Å². The van der Waals surface area contributed by atoms with Crippen LogP contribution in [0, 0.1) is 0 Å². The molecule has 0 atom stereocenters. The first-order valence-corrected chi connectivity index (χ1v) is 24.9. The van der Waals surface area contributed by atoms with Gasteiger partial charge in [-0.3, -0.25) is 10.4 Å². The first-order valence-electron chi connectivity index (χ1n) is 20.6.